The van der Waals surface area contributed by atoms with Gasteiger partial charge in [-0.05, 0) is 42.6 Å². The number of hydrogen-bond donors (Lipinski definition) is 1. The molecule has 1 unspecified atom stereocenters. The lowest BCUT2D eigenvalue weighted by Gasteiger charge is -2.32. The van der Waals surface area contributed by atoms with Crippen LogP contribution in [0.25, 0.3) is 0 Å². The van der Waals surface area contributed by atoms with Gasteiger partial charge in [0.2, 0.25) is 12.7 Å². The maximum Gasteiger partial charge on any atom is 0.231 e. The van der Waals surface area contributed by atoms with Crippen molar-refractivity contribution in [3.05, 3.63) is 59.7 Å². The fourth-order valence-electron chi connectivity index (χ4n) is 3.64. The number of nitrogens with zero attached hydrogens (tertiary/aromatic N) is 1. The third-order valence-electron chi connectivity index (χ3n) is 5.03. The zero-order valence-electron chi connectivity index (χ0n) is 14.8. The van der Waals surface area contributed by atoms with Gasteiger partial charge < -0.3 is 14.8 Å². The van der Waals surface area contributed by atoms with E-state index in [0.717, 1.165) is 49.5 Å². The highest BCUT2D eigenvalue weighted by molar-refractivity contribution is 5.79. The van der Waals surface area contributed by atoms with Gasteiger partial charge in [-0.1, -0.05) is 36.4 Å². The Morgan fingerprint density at radius 2 is 1.92 bits per heavy atom. The van der Waals surface area contributed by atoms with E-state index in [2.05, 4.69) is 34.5 Å². The van der Waals surface area contributed by atoms with Crippen molar-refractivity contribution in [2.45, 2.75) is 25.9 Å². The quantitative estimate of drug-likeness (QED) is 0.899. The van der Waals surface area contributed by atoms with Crippen molar-refractivity contribution in [3.8, 4) is 11.5 Å². The highest BCUT2D eigenvalue weighted by Gasteiger charge is 2.25. The summed E-state index contributed by atoms with van der Waals surface area (Å²) in [6.45, 7) is 3.57. The molecule has 2 aromatic rings. The third-order valence-corrected chi connectivity index (χ3v) is 5.03. The molecule has 2 aliphatic rings. The second-order valence-corrected chi connectivity index (χ2v) is 6.97. The lowest BCUT2D eigenvalue weighted by atomic mass is 9.96. The van der Waals surface area contributed by atoms with Crippen molar-refractivity contribution < 1.29 is 14.3 Å². The molecule has 0 aromatic heterocycles. The molecule has 5 nitrogen and oxygen atoms in total. The average Bonchev–Trinajstić information content (AvgIpc) is 3.15. The Morgan fingerprint density at radius 1 is 1.08 bits per heavy atom. The molecule has 0 saturated carbocycles. The first kappa shape index (κ1) is 16.9. The molecular weight excluding hydrogens is 328 g/mol. The summed E-state index contributed by atoms with van der Waals surface area (Å²) in [7, 11) is 0. The highest BCUT2D eigenvalue weighted by atomic mass is 16.7. The molecule has 1 N–H and O–H groups in total. The first-order chi connectivity index (χ1) is 12.8. The van der Waals surface area contributed by atoms with E-state index in [1.54, 1.807) is 0 Å². The van der Waals surface area contributed by atoms with Gasteiger partial charge in [-0.3, -0.25) is 9.69 Å². The van der Waals surface area contributed by atoms with Gasteiger partial charge >= 0.3 is 0 Å². The number of ether oxygens (including phenoxy) is 2. The smallest absolute Gasteiger partial charge is 0.231 e. The molecule has 2 aliphatic heterocycles. The topological polar surface area (TPSA) is 50.8 Å². The molecule has 0 bridgehead atoms. The molecule has 5 heteroatoms. The fourth-order valence-corrected chi connectivity index (χ4v) is 3.64. The van der Waals surface area contributed by atoms with Gasteiger partial charge in [-0.15, -0.1) is 0 Å². The number of carbonyl (C=O) groups is 1. The summed E-state index contributed by atoms with van der Waals surface area (Å²) in [4.78, 5) is 15.0. The van der Waals surface area contributed by atoms with Crippen LogP contribution >= 0.6 is 0 Å². The van der Waals surface area contributed by atoms with Gasteiger partial charge in [-0.2, -0.15) is 0 Å². The summed E-state index contributed by atoms with van der Waals surface area (Å²) in [5.41, 5.74) is 2.33. The van der Waals surface area contributed by atoms with E-state index in [4.69, 9.17) is 9.47 Å². The van der Waals surface area contributed by atoms with Crippen molar-refractivity contribution in [1.82, 2.24) is 10.2 Å². The van der Waals surface area contributed by atoms with Gasteiger partial charge in [0.05, 0.1) is 5.92 Å². The molecule has 0 spiro atoms. The molecule has 0 aliphatic carbocycles. The van der Waals surface area contributed by atoms with Crippen LogP contribution in [0.5, 0.6) is 11.5 Å². The van der Waals surface area contributed by atoms with Crippen LogP contribution in [-0.4, -0.2) is 30.7 Å². The van der Waals surface area contributed by atoms with E-state index < -0.39 is 0 Å². The third kappa shape index (κ3) is 3.99. The Bertz CT molecular complexity index is 763. The van der Waals surface area contributed by atoms with E-state index in [9.17, 15) is 4.79 Å². The number of carbonyl (C=O) groups excluding carboxylic acids is 1. The lowest BCUT2D eigenvalue weighted by molar-refractivity contribution is -0.126. The van der Waals surface area contributed by atoms with Gasteiger partial charge in [0.1, 0.15) is 0 Å². The maximum atomic E-state index is 12.6. The lowest BCUT2D eigenvalue weighted by Crippen LogP contribution is -2.42. The Balaban J connectivity index is 1.30. The molecule has 2 heterocycles. The van der Waals surface area contributed by atoms with Crippen molar-refractivity contribution >= 4 is 5.91 Å². The maximum absolute atomic E-state index is 12.6. The monoisotopic (exact) mass is 352 g/mol. The fraction of sp³-hybridized carbons (Fsp3) is 0.381. The van der Waals surface area contributed by atoms with Crippen LogP contribution < -0.4 is 14.8 Å². The SMILES string of the molecule is O=C(NCc1ccc2c(c1)OCO2)C1CCCN(Cc2ccccc2)C1. The second-order valence-electron chi connectivity index (χ2n) is 6.97. The minimum absolute atomic E-state index is 0.0569. The van der Waals surface area contributed by atoms with Gasteiger partial charge in [-0.25, -0.2) is 0 Å². The number of fused-ring (bicyclic) bond motifs is 1. The van der Waals surface area contributed by atoms with Crippen molar-refractivity contribution in [3.63, 3.8) is 0 Å². The zero-order chi connectivity index (χ0) is 17.8. The molecule has 1 saturated heterocycles. The van der Waals surface area contributed by atoms with Crippen LogP contribution in [0.2, 0.25) is 0 Å². The molecule has 1 atom stereocenters. The molecule has 1 fully saturated rings. The number of hydrogen-bond acceptors (Lipinski definition) is 4. The van der Waals surface area contributed by atoms with Crippen molar-refractivity contribution in [2.24, 2.45) is 5.92 Å². The van der Waals surface area contributed by atoms with E-state index in [0.29, 0.717) is 6.54 Å². The minimum Gasteiger partial charge on any atom is -0.454 e. The zero-order valence-corrected chi connectivity index (χ0v) is 14.8. The molecule has 4 rings (SSSR count). The number of rotatable bonds is 5. The summed E-state index contributed by atoms with van der Waals surface area (Å²) in [5, 5.41) is 3.08. The Labute approximate surface area is 153 Å². The molecular formula is C21H24N2O3. The number of likely N-dealkylation sites (tertiary alicyclic amines) is 1. The Morgan fingerprint density at radius 3 is 2.81 bits per heavy atom. The second kappa shape index (κ2) is 7.79. The largest absolute Gasteiger partial charge is 0.454 e. The van der Waals surface area contributed by atoms with E-state index in [1.165, 1.54) is 5.56 Å². The Kier molecular flexibility index (Phi) is 5.07. The molecule has 0 radical (unpaired) electrons. The van der Waals surface area contributed by atoms with Gasteiger partial charge in [0.15, 0.2) is 11.5 Å². The van der Waals surface area contributed by atoms with Gasteiger partial charge in [0, 0.05) is 19.6 Å². The molecule has 1 amide bonds. The Hall–Kier alpha value is -2.53. The summed E-state index contributed by atoms with van der Waals surface area (Å²) in [5.74, 6) is 1.72. The molecule has 26 heavy (non-hydrogen) atoms. The van der Waals surface area contributed by atoms with E-state index >= 15 is 0 Å². The highest BCUT2D eigenvalue weighted by Crippen LogP contribution is 2.32. The number of amides is 1. The summed E-state index contributed by atoms with van der Waals surface area (Å²) >= 11 is 0. The van der Waals surface area contributed by atoms with Gasteiger partial charge in [0.25, 0.3) is 0 Å². The summed E-state index contributed by atoms with van der Waals surface area (Å²) in [6.07, 6.45) is 2.02. The van der Waals surface area contributed by atoms with Crippen molar-refractivity contribution in [1.29, 1.82) is 0 Å². The van der Waals surface area contributed by atoms with Crippen LogP contribution in [0.3, 0.4) is 0 Å². The van der Waals surface area contributed by atoms with Crippen LogP contribution in [0.1, 0.15) is 24.0 Å². The minimum atomic E-state index is 0.0569. The van der Waals surface area contributed by atoms with E-state index in [-0.39, 0.29) is 18.6 Å². The van der Waals surface area contributed by atoms with Crippen LogP contribution in [0.4, 0.5) is 0 Å². The number of nitrogens with one attached hydrogen (secondary N) is 1. The normalized spacial score (nSPS) is 19.3. The number of piperidine rings is 1. The summed E-state index contributed by atoms with van der Waals surface area (Å²) in [6, 6.07) is 16.2. The predicted octanol–water partition coefficient (Wildman–Crippen LogP) is 2.94. The van der Waals surface area contributed by atoms with Crippen molar-refractivity contribution in [2.75, 3.05) is 19.9 Å². The van der Waals surface area contributed by atoms with Crippen LogP contribution in [0, 0.1) is 5.92 Å². The average molecular weight is 352 g/mol. The predicted molar refractivity (Wildman–Crippen MR) is 98.9 cm³/mol. The molecule has 136 valence electrons. The standard InChI is InChI=1S/C21H24N2O3/c24-21(22-12-17-8-9-19-20(11-17)26-15-25-19)18-7-4-10-23(14-18)13-16-5-2-1-3-6-16/h1-3,5-6,8-9,11,18H,4,7,10,12-15H2,(H,22,24). The van der Waals surface area contributed by atoms with E-state index in [1.807, 2.05) is 24.3 Å². The first-order valence-electron chi connectivity index (χ1n) is 9.20. The first-order valence-corrected chi connectivity index (χ1v) is 9.20. The number of benzene rings is 2. The molecule has 2 aromatic carbocycles. The summed E-state index contributed by atoms with van der Waals surface area (Å²) < 4.78 is 10.7. The van der Waals surface area contributed by atoms with Crippen LogP contribution in [0.15, 0.2) is 48.5 Å². The van der Waals surface area contributed by atoms with Crippen LogP contribution in [-0.2, 0) is 17.9 Å².